The predicted molar refractivity (Wildman–Crippen MR) is 61.1 cm³/mol. The molecule has 1 fully saturated rings. The lowest BCUT2D eigenvalue weighted by Crippen LogP contribution is -2.49. The van der Waals surface area contributed by atoms with E-state index in [9.17, 15) is 13.2 Å². The number of rotatable bonds is 4. The van der Waals surface area contributed by atoms with Gasteiger partial charge in [0.25, 0.3) is 10.0 Å². The lowest BCUT2D eigenvalue weighted by Gasteiger charge is -2.13. The number of amides is 1. The number of sulfonamides is 1. The zero-order valence-corrected chi connectivity index (χ0v) is 9.83. The van der Waals surface area contributed by atoms with E-state index in [1.54, 1.807) is 18.2 Å². The first-order chi connectivity index (χ1) is 8.08. The molecule has 0 saturated carbocycles. The number of carbonyl (C=O) groups is 1. The van der Waals surface area contributed by atoms with Crippen LogP contribution in [0.3, 0.4) is 0 Å². The van der Waals surface area contributed by atoms with Gasteiger partial charge in [0.2, 0.25) is 5.91 Å². The van der Waals surface area contributed by atoms with Crippen molar-refractivity contribution in [3.63, 3.8) is 0 Å². The monoisotopic (exact) mass is 255 g/mol. The highest BCUT2D eigenvalue weighted by atomic mass is 32.2. The summed E-state index contributed by atoms with van der Waals surface area (Å²) in [6, 6.07) is 8.02. The molecule has 3 N–H and O–H groups in total. The van der Waals surface area contributed by atoms with Gasteiger partial charge >= 0.3 is 0 Å². The summed E-state index contributed by atoms with van der Waals surface area (Å²) in [6.45, 7) is 0. The largest absolute Gasteiger partial charge is 0.340 e. The smallest absolute Gasteiger partial charge is 0.253 e. The normalized spacial score (nSPS) is 20.2. The van der Waals surface area contributed by atoms with Crippen LogP contribution in [0.4, 0.5) is 0 Å². The van der Waals surface area contributed by atoms with Gasteiger partial charge < -0.3 is 5.32 Å². The van der Waals surface area contributed by atoms with Crippen LogP contribution < -0.4 is 15.6 Å². The lowest BCUT2D eigenvalue weighted by atomic mass is 10.3. The van der Waals surface area contributed by atoms with E-state index in [-0.39, 0.29) is 17.0 Å². The zero-order valence-electron chi connectivity index (χ0n) is 9.01. The number of benzene rings is 1. The van der Waals surface area contributed by atoms with E-state index in [0.717, 1.165) is 0 Å². The van der Waals surface area contributed by atoms with E-state index in [4.69, 9.17) is 0 Å². The summed E-state index contributed by atoms with van der Waals surface area (Å²) in [5, 5.41) is 2.60. The lowest BCUT2D eigenvalue weighted by molar-refractivity contribution is -0.119. The maximum absolute atomic E-state index is 11.8. The first-order valence-corrected chi connectivity index (χ1v) is 6.68. The topological polar surface area (TPSA) is 87.3 Å². The molecule has 2 rings (SSSR count). The highest BCUT2D eigenvalue weighted by Crippen LogP contribution is 2.07. The minimum absolute atomic E-state index is 0.0820. The second-order valence-electron chi connectivity index (χ2n) is 3.72. The van der Waals surface area contributed by atoms with Gasteiger partial charge in [0.15, 0.2) is 0 Å². The van der Waals surface area contributed by atoms with Crippen molar-refractivity contribution < 1.29 is 13.2 Å². The summed E-state index contributed by atoms with van der Waals surface area (Å²) < 4.78 is 23.6. The molecule has 1 aliphatic rings. The molecular weight excluding hydrogens is 242 g/mol. The quantitative estimate of drug-likeness (QED) is 0.645. The molecule has 0 spiro atoms. The molecule has 7 heteroatoms. The zero-order chi connectivity index (χ0) is 12.3. The van der Waals surface area contributed by atoms with Crippen molar-refractivity contribution in [1.29, 1.82) is 0 Å². The van der Waals surface area contributed by atoms with Crippen LogP contribution in [0.2, 0.25) is 0 Å². The molecule has 92 valence electrons. The van der Waals surface area contributed by atoms with Crippen LogP contribution in [-0.2, 0) is 14.8 Å². The molecule has 1 amide bonds. The van der Waals surface area contributed by atoms with E-state index in [1.807, 2.05) is 0 Å². The average molecular weight is 255 g/mol. The fourth-order valence-electron chi connectivity index (χ4n) is 1.53. The summed E-state index contributed by atoms with van der Waals surface area (Å²) in [7, 11) is -3.58. The molecule has 1 aromatic rings. The van der Waals surface area contributed by atoms with Crippen molar-refractivity contribution in [1.82, 2.24) is 15.6 Å². The second kappa shape index (κ2) is 4.82. The molecule has 0 bridgehead atoms. The Kier molecular flexibility index (Phi) is 3.41. The highest BCUT2D eigenvalue weighted by molar-refractivity contribution is 7.89. The maximum atomic E-state index is 11.8. The Labute approximate surface area is 99.4 Å². The van der Waals surface area contributed by atoms with E-state index in [0.29, 0.717) is 12.8 Å². The van der Waals surface area contributed by atoms with Crippen molar-refractivity contribution in [2.24, 2.45) is 0 Å². The molecule has 1 unspecified atom stereocenters. The Morgan fingerprint density at radius 2 is 1.94 bits per heavy atom. The van der Waals surface area contributed by atoms with E-state index < -0.39 is 10.0 Å². The second-order valence-corrected chi connectivity index (χ2v) is 5.40. The van der Waals surface area contributed by atoms with Crippen molar-refractivity contribution in [2.45, 2.75) is 23.9 Å². The first kappa shape index (κ1) is 12.0. The van der Waals surface area contributed by atoms with Gasteiger partial charge in [-0.2, -0.15) is 0 Å². The Balaban J connectivity index is 1.97. The standard InChI is InChI=1S/C10H13N3O3S/c14-10-7-6-9(11-10)12-13-17(15,16)8-4-2-1-3-5-8/h1-5,9,12-13H,6-7H2,(H,11,14). The Morgan fingerprint density at radius 1 is 1.24 bits per heavy atom. The number of carbonyl (C=O) groups excluding carboxylic acids is 1. The van der Waals surface area contributed by atoms with Gasteiger partial charge in [0.1, 0.15) is 0 Å². The molecule has 0 radical (unpaired) electrons. The van der Waals surface area contributed by atoms with Crippen LogP contribution >= 0.6 is 0 Å². The molecule has 1 atom stereocenters. The van der Waals surface area contributed by atoms with Crippen LogP contribution in [0.5, 0.6) is 0 Å². The van der Waals surface area contributed by atoms with Gasteiger partial charge in [-0.3, -0.25) is 4.79 Å². The van der Waals surface area contributed by atoms with E-state index >= 15 is 0 Å². The average Bonchev–Trinajstić information content (AvgIpc) is 2.74. The molecule has 0 aliphatic carbocycles. The molecule has 1 aromatic carbocycles. The number of hydrogen-bond donors (Lipinski definition) is 3. The predicted octanol–water partition coefficient (Wildman–Crippen LogP) is -0.294. The van der Waals surface area contributed by atoms with E-state index in [1.165, 1.54) is 12.1 Å². The van der Waals surface area contributed by atoms with Crippen molar-refractivity contribution in [3.05, 3.63) is 30.3 Å². The molecule has 6 nitrogen and oxygen atoms in total. The third kappa shape index (κ3) is 3.02. The van der Waals surface area contributed by atoms with Crippen LogP contribution in [0.25, 0.3) is 0 Å². The van der Waals surface area contributed by atoms with Crippen LogP contribution in [0.15, 0.2) is 35.2 Å². The molecule has 1 saturated heterocycles. The summed E-state index contributed by atoms with van der Waals surface area (Å²) in [4.78, 5) is 13.3. The fourth-order valence-corrected chi connectivity index (χ4v) is 2.46. The molecule has 17 heavy (non-hydrogen) atoms. The molecule has 1 aliphatic heterocycles. The van der Waals surface area contributed by atoms with E-state index in [2.05, 4.69) is 15.6 Å². The number of hydrazine groups is 1. The van der Waals surface area contributed by atoms with Crippen LogP contribution in [0, 0.1) is 0 Å². The molecule has 1 heterocycles. The third-order valence-corrected chi connectivity index (χ3v) is 3.70. The van der Waals surface area contributed by atoms with Crippen molar-refractivity contribution in [2.75, 3.05) is 0 Å². The summed E-state index contributed by atoms with van der Waals surface area (Å²) >= 11 is 0. The minimum atomic E-state index is -3.58. The minimum Gasteiger partial charge on any atom is -0.340 e. The number of hydrogen-bond acceptors (Lipinski definition) is 4. The third-order valence-electron chi connectivity index (χ3n) is 2.42. The first-order valence-electron chi connectivity index (χ1n) is 5.20. The Hall–Kier alpha value is -1.44. The molecular formula is C10H13N3O3S. The van der Waals surface area contributed by atoms with Crippen molar-refractivity contribution >= 4 is 15.9 Å². The fraction of sp³-hybridized carbons (Fsp3) is 0.300. The van der Waals surface area contributed by atoms with Crippen LogP contribution in [0.1, 0.15) is 12.8 Å². The Bertz CT molecular complexity index is 501. The van der Waals surface area contributed by atoms with Gasteiger partial charge in [0, 0.05) is 6.42 Å². The highest BCUT2D eigenvalue weighted by Gasteiger charge is 2.22. The summed E-state index contributed by atoms with van der Waals surface area (Å²) in [5.74, 6) is -0.0820. The maximum Gasteiger partial charge on any atom is 0.253 e. The van der Waals surface area contributed by atoms with Gasteiger partial charge in [0.05, 0.1) is 11.1 Å². The van der Waals surface area contributed by atoms with Gasteiger partial charge in [-0.05, 0) is 18.6 Å². The summed E-state index contributed by atoms with van der Waals surface area (Å²) in [6.07, 6.45) is 0.627. The van der Waals surface area contributed by atoms with Crippen molar-refractivity contribution in [3.8, 4) is 0 Å². The number of nitrogens with one attached hydrogen (secondary N) is 3. The molecule has 0 aromatic heterocycles. The van der Waals surface area contributed by atoms with Crippen LogP contribution in [-0.4, -0.2) is 20.5 Å². The van der Waals surface area contributed by atoms with Gasteiger partial charge in [-0.1, -0.05) is 18.2 Å². The Morgan fingerprint density at radius 3 is 2.53 bits per heavy atom. The summed E-state index contributed by atoms with van der Waals surface area (Å²) in [5.41, 5.74) is 2.58. The van der Waals surface area contributed by atoms with Gasteiger partial charge in [-0.15, -0.1) is 4.83 Å². The van der Waals surface area contributed by atoms with Gasteiger partial charge in [-0.25, -0.2) is 13.8 Å². The SMILES string of the molecule is O=C1CCC(NNS(=O)(=O)c2ccccc2)N1.